The summed E-state index contributed by atoms with van der Waals surface area (Å²) in [7, 11) is 1.78. The van der Waals surface area contributed by atoms with E-state index in [9.17, 15) is 0 Å². The minimum atomic E-state index is 0.368. The van der Waals surface area contributed by atoms with Gasteiger partial charge in [0.25, 0.3) is 0 Å². The number of rotatable bonds is 5. The van der Waals surface area contributed by atoms with E-state index in [2.05, 4.69) is 25.6 Å². The Morgan fingerprint density at radius 3 is 2.53 bits per heavy atom. The third-order valence-electron chi connectivity index (χ3n) is 2.80. The van der Waals surface area contributed by atoms with Crippen molar-refractivity contribution in [3.8, 4) is 6.01 Å². The fourth-order valence-corrected chi connectivity index (χ4v) is 1.98. The molecule has 0 unspecified atom stereocenters. The summed E-state index contributed by atoms with van der Waals surface area (Å²) in [6, 6.07) is 0.851. The zero-order valence-electron chi connectivity index (χ0n) is 10.4. The molecule has 1 aromatic rings. The summed E-state index contributed by atoms with van der Waals surface area (Å²) in [5.74, 6) is 1.13. The van der Waals surface area contributed by atoms with Crippen LogP contribution in [0.5, 0.6) is 6.01 Å². The van der Waals surface area contributed by atoms with Gasteiger partial charge in [0, 0.05) is 13.1 Å². The van der Waals surface area contributed by atoms with Crippen molar-refractivity contribution < 1.29 is 4.74 Å². The van der Waals surface area contributed by atoms with E-state index >= 15 is 0 Å². The normalized spacial score (nSPS) is 15.9. The molecule has 94 valence electrons. The molecule has 6 heteroatoms. The molecule has 0 saturated heterocycles. The molecule has 17 heavy (non-hydrogen) atoms. The Morgan fingerprint density at radius 2 is 1.88 bits per heavy atom. The first-order chi connectivity index (χ1) is 8.31. The maximum Gasteiger partial charge on any atom is 0.323 e. The van der Waals surface area contributed by atoms with Crippen LogP contribution < -0.4 is 15.4 Å². The SMILES string of the molecule is CCOc1nc(NC)nc(NC2CCCC2)n1. The molecule has 0 atom stereocenters. The lowest BCUT2D eigenvalue weighted by Crippen LogP contribution is -2.18. The van der Waals surface area contributed by atoms with Gasteiger partial charge in [-0.2, -0.15) is 15.0 Å². The van der Waals surface area contributed by atoms with E-state index in [1.54, 1.807) is 7.05 Å². The summed E-state index contributed by atoms with van der Waals surface area (Å²) >= 11 is 0. The van der Waals surface area contributed by atoms with E-state index < -0.39 is 0 Å². The second kappa shape index (κ2) is 5.65. The lowest BCUT2D eigenvalue weighted by atomic mass is 10.3. The minimum absolute atomic E-state index is 0.368. The van der Waals surface area contributed by atoms with Crippen LogP contribution in [-0.2, 0) is 0 Å². The third-order valence-corrected chi connectivity index (χ3v) is 2.80. The van der Waals surface area contributed by atoms with Crippen molar-refractivity contribution in [2.24, 2.45) is 0 Å². The fourth-order valence-electron chi connectivity index (χ4n) is 1.98. The van der Waals surface area contributed by atoms with Crippen LogP contribution in [0, 0.1) is 0 Å². The van der Waals surface area contributed by atoms with Crippen LogP contribution in [0.3, 0.4) is 0 Å². The summed E-state index contributed by atoms with van der Waals surface area (Å²) < 4.78 is 5.31. The molecule has 0 amide bonds. The van der Waals surface area contributed by atoms with Crippen molar-refractivity contribution in [2.45, 2.75) is 38.6 Å². The molecule has 1 aliphatic rings. The summed E-state index contributed by atoms with van der Waals surface area (Å²) in [4.78, 5) is 12.6. The van der Waals surface area contributed by atoms with E-state index in [-0.39, 0.29) is 0 Å². The highest BCUT2D eigenvalue weighted by atomic mass is 16.5. The van der Waals surface area contributed by atoms with Gasteiger partial charge in [0.15, 0.2) is 0 Å². The molecule has 2 N–H and O–H groups in total. The third kappa shape index (κ3) is 3.18. The zero-order chi connectivity index (χ0) is 12.1. The second-order valence-corrected chi connectivity index (χ2v) is 4.07. The predicted molar refractivity (Wildman–Crippen MR) is 66.4 cm³/mol. The van der Waals surface area contributed by atoms with Gasteiger partial charge in [-0.3, -0.25) is 0 Å². The lowest BCUT2D eigenvalue weighted by Gasteiger charge is -2.13. The van der Waals surface area contributed by atoms with Gasteiger partial charge in [0.05, 0.1) is 6.61 Å². The van der Waals surface area contributed by atoms with Gasteiger partial charge in [0.2, 0.25) is 11.9 Å². The summed E-state index contributed by atoms with van der Waals surface area (Å²) in [5, 5.41) is 6.24. The van der Waals surface area contributed by atoms with Gasteiger partial charge in [0.1, 0.15) is 0 Å². The number of ether oxygens (including phenoxy) is 1. The largest absolute Gasteiger partial charge is 0.464 e. The van der Waals surface area contributed by atoms with Crippen molar-refractivity contribution in [3.63, 3.8) is 0 Å². The van der Waals surface area contributed by atoms with E-state index in [0.29, 0.717) is 30.6 Å². The molecule has 1 saturated carbocycles. The maximum atomic E-state index is 5.31. The van der Waals surface area contributed by atoms with Gasteiger partial charge in [-0.25, -0.2) is 0 Å². The van der Waals surface area contributed by atoms with Crippen LogP contribution in [-0.4, -0.2) is 34.6 Å². The van der Waals surface area contributed by atoms with E-state index in [0.717, 1.165) is 0 Å². The Labute approximate surface area is 101 Å². The number of aromatic nitrogens is 3. The molecule has 0 aromatic carbocycles. The molecule has 0 bridgehead atoms. The Hall–Kier alpha value is -1.59. The van der Waals surface area contributed by atoms with Crippen LogP contribution in [0.15, 0.2) is 0 Å². The number of hydrogen-bond acceptors (Lipinski definition) is 6. The van der Waals surface area contributed by atoms with Gasteiger partial charge >= 0.3 is 6.01 Å². The monoisotopic (exact) mass is 237 g/mol. The molecular weight excluding hydrogens is 218 g/mol. The first kappa shape index (κ1) is 11.9. The van der Waals surface area contributed by atoms with Crippen molar-refractivity contribution in [1.82, 2.24) is 15.0 Å². The molecule has 1 fully saturated rings. The summed E-state index contributed by atoms with van der Waals surface area (Å²) in [6.45, 7) is 2.46. The molecule has 2 rings (SSSR count). The summed E-state index contributed by atoms with van der Waals surface area (Å²) in [5.41, 5.74) is 0. The average molecular weight is 237 g/mol. The Bertz CT molecular complexity index is 365. The van der Waals surface area contributed by atoms with E-state index in [1.165, 1.54) is 25.7 Å². The minimum Gasteiger partial charge on any atom is -0.464 e. The van der Waals surface area contributed by atoms with Crippen LogP contribution in [0.1, 0.15) is 32.6 Å². The highest BCUT2D eigenvalue weighted by molar-refractivity contribution is 5.36. The Kier molecular flexibility index (Phi) is 3.95. The fraction of sp³-hybridized carbons (Fsp3) is 0.727. The Balaban J connectivity index is 2.10. The molecular formula is C11H19N5O. The predicted octanol–water partition coefficient (Wildman–Crippen LogP) is 1.67. The summed E-state index contributed by atoms with van der Waals surface area (Å²) in [6.07, 6.45) is 4.93. The van der Waals surface area contributed by atoms with E-state index in [1.807, 2.05) is 6.92 Å². The van der Waals surface area contributed by atoms with Gasteiger partial charge in [-0.05, 0) is 19.8 Å². The number of nitrogens with zero attached hydrogens (tertiary/aromatic N) is 3. The van der Waals surface area contributed by atoms with Crippen molar-refractivity contribution in [2.75, 3.05) is 24.3 Å². The van der Waals surface area contributed by atoms with E-state index in [4.69, 9.17) is 4.74 Å². The zero-order valence-corrected chi connectivity index (χ0v) is 10.4. The highest BCUT2D eigenvalue weighted by Crippen LogP contribution is 2.21. The van der Waals surface area contributed by atoms with Crippen LogP contribution in [0.25, 0.3) is 0 Å². The Morgan fingerprint density at radius 1 is 1.18 bits per heavy atom. The molecule has 1 aromatic heterocycles. The van der Waals surface area contributed by atoms with Gasteiger partial charge < -0.3 is 15.4 Å². The maximum absolute atomic E-state index is 5.31. The molecule has 0 spiro atoms. The quantitative estimate of drug-likeness (QED) is 0.811. The van der Waals surface area contributed by atoms with Crippen molar-refractivity contribution in [1.29, 1.82) is 0 Å². The molecule has 1 heterocycles. The first-order valence-corrected chi connectivity index (χ1v) is 6.15. The topological polar surface area (TPSA) is 72.0 Å². The molecule has 0 aliphatic heterocycles. The standard InChI is InChI=1S/C11H19N5O/c1-3-17-11-15-9(12-2)14-10(16-11)13-8-6-4-5-7-8/h8H,3-7H2,1-2H3,(H2,12,13,14,15,16). The second-order valence-electron chi connectivity index (χ2n) is 4.07. The molecule has 1 aliphatic carbocycles. The lowest BCUT2D eigenvalue weighted by molar-refractivity contribution is 0.312. The van der Waals surface area contributed by atoms with Gasteiger partial charge in [-0.1, -0.05) is 12.8 Å². The van der Waals surface area contributed by atoms with Crippen molar-refractivity contribution in [3.05, 3.63) is 0 Å². The van der Waals surface area contributed by atoms with Crippen LogP contribution in [0.4, 0.5) is 11.9 Å². The highest BCUT2D eigenvalue weighted by Gasteiger charge is 2.16. The number of nitrogens with one attached hydrogen (secondary N) is 2. The smallest absolute Gasteiger partial charge is 0.323 e. The van der Waals surface area contributed by atoms with Crippen LogP contribution >= 0.6 is 0 Å². The number of hydrogen-bond donors (Lipinski definition) is 2. The number of anilines is 2. The first-order valence-electron chi connectivity index (χ1n) is 6.15. The van der Waals surface area contributed by atoms with Crippen LogP contribution in [0.2, 0.25) is 0 Å². The molecule has 6 nitrogen and oxygen atoms in total. The van der Waals surface area contributed by atoms with Gasteiger partial charge in [-0.15, -0.1) is 0 Å². The molecule has 0 radical (unpaired) electrons. The average Bonchev–Trinajstić information content (AvgIpc) is 2.82. The van der Waals surface area contributed by atoms with Crippen molar-refractivity contribution >= 4 is 11.9 Å².